The number of carbonyl (C=O) groups is 3. The summed E-state index contributed by atoms with van der Waals surface area (Å²) in [5, 5.41) is 24.1. The van der Waals surface area contributed by atoms with Crippen LogP contribution < -0.4 is 10.6 Å². The summed E-state index contributed by atoms with van der Waals surface area (Å²) in [7, 11) is 0. The lowest BCUT2D eigenvalue weighted by atomic mass is 9.85. The first kappa shape index (κ1) is 24.2. The summed E-state index contributed by atoms with van der Waals surface area (Å²) in [6.07, 6.45) is 2.88. The van der Waals surface area contributed by atoms with E-state index in [1.54, 1.807) is 55.6 Å². The molecule has 3 aromatic rings. The predicted molar refractivity (Wildman–Crippen MR) is 130 cm³/mol. The summed E-state index contributed by atoms with van der Waals surface area (Å²) in [6, 6.07) is 11.6. The molecule has 0 radical (unpaired) electrons. The third-order valence-electron chi connectivity index (χ3n) is 5.90. The molecule has 1 aliphatic rings. The highest BCUT2D eigenvalue weighted by atomic mass is 35.5. The van der Waals surface area contributed by atoms with Crippen LogP contribution in [0.4, 0.5) is 5.69 Å². The number of primary amides is 1. The molecule has 0 saturated carbocycles. The number of nitrogens with two attached hydrogens (primary N) is 1. The van der Waals surface area contributed by atoms with Gasteiger partial charge < -0.3 is 15.9 Å². The number of amides is 2. The smallest absolute Gasteiger partial charge is 0.333 e. The predicted octanol–water partition coefficient (Wildman–Crippen LogP) is 3.09. The average Bonchev–Trinajstić information content (AvgIpc) is 3.27. The van der Waals surface area contributed by atoms with E-state index in [4.69, 9.17) is 17.3 Å². The van der Waals surface area contributed by atoms with Crippen molar-refractivity contribution in [2.45, 2.75) is 25.8 Å². The zero-order valence-electron chi connectivity index (χ0n) is 18.8. The molecule has 2 heterocycles. The van der Waals surface area contributed by atoms with Crippen LogP contribution in [0.2, 0.25) is 5.02 Å². The number of nitrogens with zero attached hydrogens (tertiary/aromatic N) is 3. The quantitative estimate of drug-likeness (QED) is 0.461. The number of aryl methyl sites for hydroxylation is 1. The SMILES string of the molecule is Cc1cc(N2C=C(C(=O)O)C(c3cccc(Cl)c3)CC2=O)c(-c2ccn(CCO)n2)cc1C(N)=O. The topological polar surface area (TPSA) is 139 Å². The molecule has 10 heteroatoms. The molecule has 2 aromatic carbocycles. The van der Waals surface area contributed by atoms with Crippen LogP contribution in [0.1, 0.15) is 33.8 Å². The van der Waals surface area contributed by atoms with Gasteiger partial charge >= 0.3 is 5.97 Å². The Balaban J connectivity index is 1.87. The second-order valence-electron chi connectivity index (χ2n) is 8.20. The molecule has 35 heavy (non-hydrogen) atoms. The molecule has 1 unspecified atom stereocenters. The number of rotatable bonds is 7. The standard InChI is InChI=1S/C25H23ClN4O5/c1-14-9-22(19(11-17(14)24(27)33)21-5-6-29(28-21)7-8-31)30-13-20(25(34)35)18(12-23(30)32)15-3-2-4-16(26)10-15/h2-6,9-11,13,18,31H,7-8,12H2,1H3,(H2,27,33)(H,34,35). The zero-order chi connectivity index (χ0) is 25.3. The summed E-state index contributed by atoms with van der Waals surface area (Å²) in [6.45, 7) is 1.83. The third-order valence-corrected chi connectivity index (χ3v) is 6.14. The minimum Gasteiger partial charge on any atom is -0.478 e. The maximum Gasteiger partial charge on any atom is 0.333 e. The minimum atomic E-state index is -1.16. The van der Waals surface area contributed by atoms with Crippen LogP contribution >= 0.6 is 11.6 Å². The number of halogens is 1. The van der Waals surface area contributed by atoms with E-state index in [1.807, 2.05) is 0 Å². The van der Waals surface area contributed by atoms with Crippen LogP contribution in [0.3, 0.4) is 0 Å². The summed E-state index contributed by atoms with van der Waals surface area (Å²) in [5.74, 6) is -2.81. The van der Waals surface area contributed by atoms with Crippen molar-refractivity contribution < 1.29 is 24.6 Å². The summed E-state index contributed by atoms with van der Waals surface area (Å²) in [5.41, 5.74) is 8.22. The van der Waals surface area contributed by atoms with E-state index in [0.717, 1.165) is 0 Å². The highest BCUT2D eigenvalue weighted by molar-refractivity contribution is 6.30. The van der Waals surface area contributed by atoms with Crippen molar-refractivity contribution >= 4 is 35.1 Å². The Bertz CT molecular complexity index is 1360. The molecule has 4 N–H and O–H groups in total. The number of carboxylic acids is 1. The Morgan fingerprint density at radius 1 is 1.23 bits per heavy atom. The van der Waals surface area contributed by atoms with Gasteiger partial charge in [-0.3, -0.25) is 19.2 Å². The lowest BCUT2D eigenvalue weighted by Crippen LogP contribution is -2.35. The molecule has 9 nitrogen and oxygen atoms in total. The van der Waals surface area contributed by atoms with Gasteiger partial charge in [0.25, 0.3) is 0 Å². The van der Waals surface area contributed by atoms with Crippen molar-refractivity contribution in [1.82, 2.24) is 9.78 Å². The first-order valence-electron chi connectivity index (χ1n) is 10.8. The largest absolute Gasteiger partial charge is 0.478 e. The fourth-order valence-electron chi connectivity index (χ4n) is 4.21. The van der Waals surface area contributed by atoms with E-state index < -0.39 is 17.8 Å². The van der Waals surface area contributed by atoms with Crippen molar-refractivity contribution in [2.24, 2.45) is 5.73 Å². The van der Waals surface area contributed by atoms with Crippen molar-refractivity contribution in [3.8, 4) is 11.3 Å². The molecule has 1 aliphatic heterocycles. The average molecular weight is 495 g/mol. The molecule has 1 aromatic heterocycles. The summed E-state index contributed by atoms with van der Waals surface area (Å²) >= 11 is 6.10. The maximum absolute atomic E-state index is 13.4. The summed E-state index contributed by atoms with van der Waals surface area (Å²) < 4.78 is 1.52. The van der Waals surface area contributed by atoms with Crippen molar-refractivity contribution in [1.29, 1.82) is 0 Å². The molecule has 0 fully saturated rings. The van der Waals surface area contributed by atoms with Gasteiger partial charge in [0.05, 0.1) is 30.1 Å². The number of aromatic nitrogens is 2. The number of aliphatic carboxylic acids is 1. The Labute approximate surface area is 206 Å². The van der Waals surface area contributed by atoms with Gasteiger partial charge in [-0.05, 0) is 48.4 Å². The van der Waals surface area contributed by atoms with Gasteiger partial charge in [-0.1, -0.05) is 23.7 Å². The zero-order valence-corrected chi connectivity index (χ0v) is 19.6. The summed E-state index contributed by atoms with van der Waals surface area (Å²) in [4.78, 5) is 38.9. The number of anilines is 1. The second-order valence-corrected chi connectivity index (χ2v) is 8.64. The van der Waals surface area contributed by atoms with Gasteiger partial charge in [-0.15, -0.1) is 0 Å². The normalized spacial score (nSPS) is 15.7. The molecule has 0 spiro atoms. The number of aliphatic hydroxyl groups excluding tert-OH is 1. The van der Waals surface area contributed by atoms with Crippen LogP contribution in [0.25, 0.3) is 11.3 Å². The van der Waals surface area contributed by atoms with Crippen LogP contribution in [0.5, 0.6) is 0 Å². The Morgan fingerprint density at radius 2 is 2.00 bits per heavy atom. The van der Waals surface area contributed by atoms with E-state index in [-0.39, 0.29) is 36.6 Å². The van der Waals surface area contributed by atoms with E-state index in [9.17, 15) is 24.6 Å². The van der Waals surface area contributed by atoms with E-state index in [2.05, 4.69) is 5.10 Å². The van der Waals surface area contributed by atoms with Crippen LogP contribution in [0.15, 0.2) is 60.4 Å². The maximum atomic E-state index is 13.4. The lowest BCUT2D eigenvalue weighted by molar-refractivity contribution is -0.133. The molecule has 180 valence electrons. The van der Waals surface area contributed by atoms with E-state index in [1.165, 1.54) is 15.8 Å². The van der Waals surface area contributed by atoms with Gasteiger partial charge in [0.2, 0.25) is 11.8 Å². The second kappa shape index (κ2) is 9.73. The Hall–Kier alpha value is -3.95. The fraction of sp³-hybridized carbons (Fsp3) is 0.200. The minimum absolute atomic E-state index is 0.0280. The molecule has 0 bridgehead atoms. The number of hydrogen-bond donors (Lipinski definition) is 3. The number of carbonyl (C=O) groups excluding carboxylic acids is 2. The van der Waals surface area contributed by atoms with Crippen molar-refractivity contribution in [2.75, 3.05) is 11.5 Å². The highest BCUT2D eigenvalue weighted by Crippen LogP contribution is 2.39. The van der Waals surface area contributed by atoms with Gasteiger partial charge in [0, 0.05) is 40.9 Å². The Kier molecular flexibility index (Phi) is 6.72. The van der Waals surface area contributed by atoms with E-state index >= 15 is 0 Å². The van der Waals surface area contributed by atoms with Crippen LogP contribution in [-0.4, -0.2) is 44.4 Å². The fourth-order valence-corrected chi connectivity index (χ4v) is 4.41. The first-order chi connectivity index (χ1) is 16.7. The Morgan fingerprint density at radius 3 is 2.66 bits per heavy atom. The van der Waals surface area contributed by atoms with Gasteiger partial charge in [0.1, 0.15) is 0 Å². The van der Waals surface area contributed by atoms with Crippen molar-refractivity contribution in [3.05, 3.63) is 82.1 Å². The van der Waals surface area contributed by atoms with Crippen LogP contribution in [-0.2, 0) is 16.1 Å². The number of carboxylic acid groups (broad SMARTS) is 1. The monoisotopic (exact) mass is 494 g/mol. The molecular weight excluding hydrogens is 472 g/mol. The number of hydrogen-bond acceptors (Lipinski definition) is 5. The first-order valence-corrected chi connectivity index (χ1v) is 11.2. The molecule has 2 amide bonds. The highest BCUT2D eigenvalue weighted by Gasteiger charge is 2.34. The lowest BCUT2D eigenvalue weighted by Gasteiger charge is -2.31. The molecule has 1 atom stereocenters. The molecule has 0 saturated heterocycles. The van der Waals surface area contributed by atoms with Gasteiger partial charge in [0.15, 0.2) is 0 Å². The van der Waals surface area contributed by atoms with Gasteiger partial charge in [-0.2, -0.15) is 5.10 Å². The molecule has 0 aliphatic carbocycles. The third kappa shape index (κ3) is 4.82. The van der Waals surface area contributed by atoms with Crippen LogP contribution in [0, 0.1) is 6.92 Å². The molecule has 4 rings (SSSR count). The molecular formula is C25H23ClN4O5. The number of aliphatic hydroxyl groups is 1. The van der Waals surface area contributed by atoms with Crippen molar-refractivity contribution in [3.63, 3.8) is 0 Å². The van der Waals surface area contributed by atoms with E-state index in [0.29, 0.717) is 33.1 Å². The van der Waals surface area contributed by atoms with Gasteiger partial charge in [-0.25, -0.2) is 4.79 Å². The number of benzene rings is 2.